The van der Waals surface area contributed by atoms with Gasteiger partial charge in [-0.2, -0.15) is 0 Å². The fourth-order valence-corrected chi connectivity index (χ4v) is 7.29. The molecule has 12 heteroatoms. The van der Waals surface area contributed by atoms with Crippen molar-refractivity contribution in [1.29, 1.82) is 0 Å². The molecule has 0 aromatic carbocycles. The molecule has 0 aliphatic rings. The number of unbranched alkanes of at least 4 members (excludes halogenated alkanes) is 26. The van der Waals surface area contributed by atoms with E-state index in [-0.39, 0.29) is 19.4 Å². The minimum absolute atomic E-state index is 0.148. The Kier molecular flexibility index (Phi) is 40.2. The quantitative estimate of drug-likeness (QED) is 0.0231. The topological polar surface area (TPSA) is 172 Å². The Balaban J connectivity index is 4.31. The van der Waals surface area contributed by atoms with Crippen LogP contribution in [-0.4, -0.2) is 59.9 Å². The number of carboxylic acid groups (broad SMARTS) is 1. The van der Waals surface area contributed by atoms with E-state index in [1.807, 2.05) is 0 Å². The van der Waals surface area contributed by atoms with Crippen molar-refractivity contribution in [3.63, 3.8) is 0 Å². The van der Waals surface area contributed by atoms with Crippen LogP contribution in [0.5, 0.6) is 0 Å². The molecule has 0 aliphatic heterocycles. The van der Waals surface area contributed by atoms with Gasteiger partial charge in [0.2, 0.25) is 0 Å². The maximum Gasteiger partial charge on any atom is 0.472 e. The lowest BCUT2D eigenvalue weighted by atomic mass is 10.0. The molecular weight excluding hydrogens is 757 g/mol. The van der Waals surface area contributed by atoms with Crippen LogP contribution in [0.2, 0.25) is 0 Å². The van der Waals surface area contributed by atoms with Gasteiger partial charge in [-0.3, -0.25) is 23.4 Å². The van der Waals surface area contributed by atoms with Gasteiger partial charge in [0.15, 0.2) is 6.10 Å². The number of phosphoric acid groups is 1. The normalized spacial score (nSPS) is 13.9. The molecule has 4 N–H and O–H groups in total. The summed E-state index contributed by atoms with van der Waals surface area (Å²) in [4.78, 5) is 46.0. The van der Waals surface area contributed by atoms with Gasteiger partial charge < -0.3 is 25.2 Å². The van der Waals surface area contributed by atoms with Crippen LogP contribution in [0.15, 0.2) is 24.3 Å². The molecule has 340 valence electrons. The van der Waals surface area contributed by atoms with Crippen molar-refractivity contribution in [2.45, 2.75) is 231 Å². The molecule has 0 heterocycles. The zero-order chi connectivity index (χ0) is 42.8. The third-order valence-corrected chi connectivity index (χ3v) is 11.2. The van der Waals surface area contributed by atoms with E-state index >= 15 is 0 Å². The van der Waals surface area contributed by atoms with Crippen molar-refractivity contribution in [2.75, 3.05) is 19.8 Å². The lowest BCUT2D eigenvalue weighted by Crippen LogP contribution is -2.34. The SMILES string of the molecule is CCCCCC/C=C\C/C=C\CCCCCCCC(=O)OC(COC(=O)CCCCCCCCCCCCCCCCCCCC)COP(=O)(O)OCC(N)C(=O)O. The first-order valence-electron chi connectivity index (χ1n) is 23.4. The molecular formula is C46H86NO10P. The minimum atomic E-state index is -4.72. The molecule has 58 heavy (non-hydrogen) atoms. The number of aliphatic carboxylic acids is 1. The summed E-state index contributed by atoms with van der Waals surface area (Å²) in [7, 11) is -4.72. The van der Waals surface area contributed by atoms with Crippen LogP contribution >= 0.6 is 7.82 Å². The monoisotopic (exact) mass is 844 g/mol. The van der Waals surface area contributed by atoms with Gasteiger partial charge in [-0.15, -0.1) is 0 Å². The summed E-state index contributed by atoms with van der Waals surface area (Å²) in [5, 5.41) is 8.90. The number of esters is 2. The number of carbonyl (C=O) groups is 3. The van der Waals surface area contributed by atoms with Crippen LogP contribution in [0.1, 0.15) is 219 Å². The molecule has 0 aliphatic carbocycles. The Hall–Kier alpha value is -2.04. The van der Waals surface area contributed by atoms with Crippen LogP contribution in [0.4, 0.5) is 0 Å². The summed E-state index contributed by atoms with van der Waals surface area (Å²) in [6, 6.07) is -1.52. The van der Waals surface area contributed by atoms with E-state index < -0.39 is 51.1 Å². The molecule has 11 nitrogen and oxygen atoms in total. The van der Waals surface area contributed by atoms with Crippen LogP contribution in [0, 0.1) is 0 Å². The number of rotatable bonds is 44. The van der Waals surface area contributed by atoms with Crippen molar-refractivity contribution in [1.82, 2.24) is 0 Å². The smallest absolute Gasteiger partial charge is 0.472 e. The predicted octanol–water partition coefficient (Wildman–Crippen LogP) is 12.6. The van der Waals surface area contributed by atoms with Gasteiger partial charge >= 0.3 is 25.7 Å². The fraction of sp³-hybridized carbons (Fsp3) is 0.848. The van der Waals surface area contributed by atoms with Gasteiger partial charge in [-0.1, -0.05) is 186 Å². The van der Waals surface area contributed by atoms with E-state index in [1.165, 1.54) is 116 Å². The highest BCUT2D eigenvalue weighted by molar-refractivity contribution is 7.47. The maximum absolute atomic E-state index is 12.6. The molecule has 0 saturated carbocycles. The summed E-state index contributed by atoms with van der Waals surface area (Å²) in [5.41, 5.74) is 5.34. The number of carboxylic acids is 1. The third kappa shape index (κ3) is 40.7. The van der Waals surface area contributed by atoms with Gasteiger partial charge in [0.05, 0.1) is 13.2 Å². The molecule has 0 spiro atoms. The lowest BCUT2D eigenvalue weighted by Gasteiger charge is -2.20. The Bertz CT molecular complexity index is 1080. The highest BCUT2D eigenvalue weighted by atomic mass is 31.2. The Morgan fingerprint density at radius 1 is 0.534 bits per heavy atom. The summed E-state index contributed by atoms with van der Waals surface area (Å²) >= 11 is 0. The molecule has 0 fully saturated rings. The van der Waals surface area contributed by atoms with E-state index in [0.717, 1.165) is 64.2 Å². The lowest BCUT2D eigenvalue weighted by molar-refractivity contribution is -0.161. The Morgan fingerprint density at radius 3 is 1.36 bits per heavy atom. The van der Waals surface area contributed by atoms with E-state index in [0.29, 0.717) is 12.8 Å². The van der Waals surface area contributed by atoms with Crippen LogP contribution in [0.3, 0.4) is 0 Å². The minimum Gasteiger partial charge on any atom is -0.480 e. The van der Waals surface area contributed by atoms with E-state index in [9.17, 15) is 23.8 Å². The van der Waals surface area contributed by atoms with E-state index in [1.54, 1.807) is 0 Å². The molecule has 3 atom stereocenters. The summed E-state index contributed by atoms with van der Waals surface area (Å²) < 4.78 is 32.7. The number of ether oxygens (including phenoxy) is 2. The van der Waals surface area contributed by atoms with Crippen molar-refractivity contribution in [2.24, 2.45) is 5.73 Å². The van der Waals surface area contributed by atoms with Crippen LogP contribution < -0.4 is 5.73 Å². The summed E-state index contributed by atoms with van der Waals surface area (Å²) in [5.74, 6) is -2.38. The predicted molar refractivity (Wildman–Crippen MR) is 236 cm³/mol. The number of carbonyl (C=O) groups excluding carboxylic acids is 2. The number of hydrogen-bond acceptors (Lipinski definition) is 9. The largest absolute Gasteiger partial charge is 0.480 e. The molecule has 0 amide bonds. The molecule has 0 aromatic rings. The van der Waals surface area contributed by atoms with Crippen LogP contribution in [-0.2, 0) is 37.5 Å². The van der Waals surface area contributed by atoms with E-state index in [4.69, 9.17) is 24.8 Å². The van der Waals surface area contributed by atoms with Crippen LogP contribution in [0.25, 0.3) is 0 Å². The van der Waals surface area contributed by atoms with Crippen molar-refractivity contribution < 1.29 is 47.5 Å². The summed E-state index contributed by atoms with van der Waals surface area (Å²) in [6.45, 7) is 2.80. The second kappa shape index (κ2) is 41.7. The molecule has 0 bridgehead atoms. The Morgan fingerprint density at radius 2 is 0.914 bits per heavy atom. The van der Waals surface area contributed by atoms with Crippen molar-refractivity contribution >= 4 is 25.7 Å². The number of phosphoric ester groups is 1. The zero-order valence-electron chi connectivity index (χ0n) is 36.9. The highest BCUT2D eigenvalue weighted by Gasteiger charge is 2.28. The van der Waals surface area contributed by atoms with Crippen molar-refractivity contribution in [3.05, 3.63) is 24.3 Å². The number of allylic oxidation sites excluding steroid dienone is 4. The molecule has 0 saturated heterocycles. The third-order valence-electron chi connectivity index (χ3n) is 10.2. The first kappa shape index (κ1) is 56.0. The van der Waals surface area contributed by atoms with E-state index in [2.05, 4.69) is 42.7 Å². The first-order valence-corrected chi connectivity index (χ1v) is 24.9. The van der Waals surface area contributed by atoms with Gasteiger partial charge in [0.25, 0.3) is 0 Å². The second-order valence-corrected chi connectivity index (χ2v) is 17.3. The molecule has 0 radical (unpaired) electrons. The van der Waals surface area contributed by atoms with Gasteiger partial charge in [-0.25, -0.2) is 4.57 Å². The zero-order valence-corrected chi connectivity index (χ0v) is 37.8. The van der Waals surface area contributed by atoms with Crippen molar-refractivity contribution in [3.8, 4) is 0 Å². The number of nitrogens with two attached hydrogens (primary N) is 1. The molecule has 0 rings (SSSR count). The second-order valence-electron chi connectivity index (χ2n) is 15.9. The number of hydrogen-bond donors (Lipinski definition) is 3. The maximum atomic E-state index is 12.6. The average molecular weight is 844 g/mol. The first-order chi connectivity index (χ1) is 28.1. The fourth-order valence-electron chi connectivity index (χ4n) is 6.51. The van der Waals surface area contributed by atoms with Gasteiger partial charge in [0.1, 0.15) is 12.6 Å². The average Bonchev–Trinajstić information content (AvgIpc) is 3.20. The Labute approximate surface area is 353 Å². The van der Waals surface area contributed by atoms with Gasteiger partial charge in [0, 0.05) is 12.8 Å². The molecule has 3 unspecified atom stereocenters. The van der Waals surface area contributed by atoms with Gasteiger partial charge in [-0.05, 0) is 44.9 Å². The molecule has 0 aromatic heterocycles. The standard InChI is InChI=1S/C46H86NO10P/c1-3-5-7-9-11-13-15-17-19-21-22-24-25-27-29-31-33-35-37-44(48)54-39-42(40-55-58(52,53)56-41-43(47)46(50)51)57-45(49)38-36-34-32-30-28-26-23-20-18-16-14-12-10-8-6-4-2/h14,16,20,23,42-43H,3-13,15,17-19,21-22,24-41,47H2,1-2H3,(H,50,51)(H,52,53)/b16-14-,23-20-. The highest BCUT2D eigenvalue weighted by Crippen LogP contribution is 2.43. The summed E-state index contributed by atoms with van der Waals surface area (Å²) in [6.07, 6.45) is 43.8.